The van der Waals surface area contributed by atoms with Crippen LogP contribution in [0.1, 0.15) is 12.0 Å². The summed E-state index contributed by atoms with van der Waals surface area (Å²) in [6, 6.07) is 1.88. The monoisotopic (exact) mass is 211 g/mol. The van der Waals surface area contributed by atoms with Crippen molar-refractivity contribution < 1.29 is 9.63 Å². The van der Waals surface area contributed by atoms with E-state index >= 15 is 0 Å². The van der Waals surface area contributed by atoms with Crippen LogP contribution in [0.5, 0.6) is 0 Å². The lowest BCUT2D eigenvalue weighted by molar-refractivity contribution is 0.141. The number of aliphatic hydroxyl groups excluding tert-OH is 1. The number of nitrogens with two attached hydrogens (primary N) is 1. The Morgan fingerprint density at radius 3 is 3.14 bits per heavy atom. The maximum Gasteiger partial charge on any atom is 0.257 e. The van der Waals surface area contributed by atoms with Gasteiger partial charge in [-0.2, -0.15) is 16.3 Å². The van der Waals surface area contributed by atoms with Crippen LogP contribution in [-0.4, -0.2) is 21.8 Å². The van der Waals surface area contributed by atoms with E-state index in [1.807, 2.05) is 16.8 Å². The predicted molar refractivity (Wildman–Crippen MR) is 51.6 cm³/mol. The summed E-state index contributed by atoms with van der Waals surface area (Å²) < 4.78 is 4.85. The zero-order valence-corrected chi connectivity index (χ0v) is 8.07. The molecule has 0 aromatic carbocycles. The summed E-state index contributed by atoms with van der Waals surface area (Å²) in [7, 11) is 0. The zero-order valence-electron chi connectivity index (χ0n) is 7.25. The van der Waals surface area contributed by atoms with E-state index in [1.165, 1.54) is 0 Å². The van der Waals surface area contributed by atoms with Gasteiger partial charge in [-0.25, -0.2) is 0 Å². The molecule has 2 aromatic rings. The zero-order chi connectivity index (χ0) is 9.97. The van der Waals surface area contributed by atoms with E-state index in [1.54, 1.807) is 11.3 Å². The SMILES string of the molecule is NC[C@H](O)c1nc(-c2ccsc2)no1. The predicted octanol–water partition coefficient (Wildman–Crippen LogP) is 0.790. The van der Waals surface area contributed by atoms with E-state index in [-0.39, 0.29) is 12.4 Å². The summed E-state index contributed by atoms with van der Waals surface area (Å²) in [6.07, 6.45) is -0.880. The number of rotatable bonds is 3. The Labute approximate surface area is 84.2 Å². The number of hydrogen-bond donors (Lipinski definition) is 2. The van der Waals surface area contributed by atoms with Crippen LogP contribution in [0.25, 0.3) is 11.4 Å². The van der Waals surface area contributed by atoms with Crippen molar-refractivity contribution in [1.82, 2.24) is 10.1 Å². The van der Waals surface area contributed by atoms with Gasteiger partial charge in [-0.05, 0) is 11.4 Å². The number of nitrogens with zero attached hydrogens (tertiary/aromatic N) is 2. The van der Waals surface area contributed by atoms with Crippen LogP contribution in [0.2, 0.25) is 0 Å². The first-order valence-corrected chi connectivity index (χ1v) is 5.00. The molecule has 74 valence electrons. The molecule has 0 saturated heterocycles. The van der Waals surface area contributed by atoms with E-state index in [0.717, 1.165) is 5.56 Å². The van der Waals surface area contributed by atoms with Crippen LogP contribution in [-0.2, 0) is 0 Å². The Hall–Kier alpha value is -1.24. The van der Waals surface area contributed by atoms with Crippen molar-refractivity contribution in [2.24, 2.45) is 5.73 Å². The molecular weight excluding hydrogens is 202 g/mol. The maximum atomic E-state index is 9.32. The number of aliphatic hydroxyl groups is 1. The fourth-order valence-corrected chi connectivity index (χ4v) is 1.61. The van der Waals surface area contributed by atoms with Crippen LogP contribution in [0.3, 0.4) is 0 Å². The molecule has 5 nitrogen and oxygen atoms in total. The Kier molecular flexibility index (Phi) is 2.58. The molecule has 1 atom stereocenters. The molecule has 0 spiro atoms. The Bertz CT molecular complexity index is 398. The lowest BCUT2D eigenvalue weighted by Gasteiger charge is -1.97. The molecule has 6 heteroatoms. The Balaban J connectivity index is 2.26. The minimum atomic E-state index is -0.880. The molecule has 0 aliphatic rings. The maximum absolute atomic E-state index is 9.32. The molecule has 2 heterocycles. The third-order valence-electron chi connectivity index (χ3n) is 1.73. The van der Waals surface area contributed by atoms with Gasteiger partial charge in [-0.1, -0.05) is 5.16 Å². The van der Waals surface area contributed by atoms with Crippen molar-refractivity contribution in [3.63, 3.8) is 0 Å². The van der Waals surface area contributed by atoms with E-state index < -0.39 is 6.10 Å². The standard InChI is InChI=1S/C8H9N3O2S/c9-3-6(12)8-10-7(11-13-8)5-1-2-14-4-5/h1-2,4,6,12H,3,9H2/t6-/m0/s1. The molecular formula is C8H9N3O2S. The highest BCUT2D eigenvalue weighted by Crippen LogP contribution is 2.20. The Morgan fingerprint density at radius 1 is 1.64 bits per heavy atom. The van der Waals surface area contributed by atoms with Crippen LogP contribution < -0.4 is 5.73 Å². The normalized spacial score (nSPS) is 13.0. The summed E-state index contributed by atoms with van der Waals surface area (Å²) >= 11 is 1.55. The molecule has 0 saturated carbocycles. The average molecular weight is 211 g/mol. The first-order chi connectivity index (χ1) is 6.81. The molecule has 3 N–H and O–H groups in total. The molecule has 0 bridgehead atoms. The minimum absolute atomic E-state index is 0.0747. The van der Waals surface area contributed by atoms with Crippen LogP contribution in [0.15, 0.2) is 21.3 Å². The molecule has 0 aliphatic heterocycles. The summed E-state index contributed by atoms with van der Waals surface area (Å²) in [5.74, 6) is 0.641. The highest BCUT2D eigenvalue weighted by Gasteiger charge is 2.15. The number of aromatic nitrogens is 2. The molecule has 14 heavy (non-hydrogen) atoms. The van der Waals surface area contributed by atoms with Crippen molar-refractivity contribution in [2.75, 3.05) is 6.54 Å². The molecule has 0 aliphatic carbocycles. The lowest BCUT2D eigenvalue weighted by atomic mass is 10.3. The van der Waals surface area contributed by atoms with Crippen molar-refractivity contribution in [3.8, 4) is 11.4 Å². The van der Waals surface area contributed by atoms with Gasteiger partial charge in [0.05, 0.1) is 0 Å². The summed E-state index contributed by atoms with van der Waals surface area (Å²) in [4.78, 5) is 4.02. The van der Waals surface area contributed by atoms with Gasteiger partial charge in [0.1, 0.15) is 6.10 Å². The second-order valence-corrected chi connectivity index (χ2v) is 3.50. The third-order valence-corrected chi connectivity index (χ3v) is 2.41. The highest BCUT2D eigenvalue weighted by molar-refractivity contribution is 7.08. The first-order valence-electron chi connectivity index (χ1n) is 4.05. The van der Waals surface area contributed by atoms with E-state index in [9.17, 15) is 5.11 Å². The molecule has 0 radical (unpaired) electrons. The van der Waals surface area contributed by atoms with Crippen molar-refractivity contribution in [1.29, 1.82) is 0 Å². The van der Waals surface area contributed by atoms with Gasteiger partial charge in [-0.3, -0.25) is 0 Å². The second-order valence-electron chi connectivity index (χ2n) is 2.72. The molecule has 0 unspecified atom stereocenters. The largest absolute Gasteiger partial charge is 0.382 e. The average Bonchev–Trinajstić information content (AvgIpc) is 2.86. The van der Waals surface area contributed by atoms with Crippen LogP contribution >= 0.6 is 11.3 Å². The van der Waals surface area contributed by atoms with Gasteiger partial charge < -0.3 is 15.4 Å². The van der Waals surface area contributed by atoms with Crippen molar-refractivity contribution >= 4 is 11.3 Å². The molecule has 2 rings (SSSR count). The highest BCUT2D eigenvalue weighted by atomic mass is 32.1. The van der Waals surface area contributed by atoms with Gasteiger partial charge in [0.25, 0.3) is 5.89 Å². The summed E-state index contributed by atoms with van der Waals surface area (Å²) in [6.45, 7) is 0.0747. The molecule has 2 aromatic heterocycles. The van der Waals surface area contributed by atoms with E-state index in [0.29, 0.717) is 5.82 Å². The topological polar surface area (TPSA) is 85.2 Å². The lowest BCUT2D eigenvalue weighted by Crippen LogP contribution is -2.11. The quantitative estimate of drug-likeness (QED) is 0.784. The van der Waals surface area contributed by atoms with E-state index in [4.69, 9.17) is 10.3 Å². The third kappa shape index (κ3) is 1.67. The van der Waals surface area contributed by atoms with E-state index in [2.05, 4.69) is 10.1 Å². The summed E-state index contributed by atoms with van der Waals surface area (Å²) in [5.41, 5.74) is 6.14. The van der Waals surface area contributed by atoms with Gasteiger partial charge in [-0.15, -0.1) is 0 Å². The first kappa shape index (κ1) is 9.32. The molecule has 0 fully saturated rings. The van der Waals surface area contributed by atoms with Gasteiger partial charge in [0, 0.05) is 17.5 Å². The van der Waals surface area contributed by atoms with Crippen LogP contribution in [0.4, 0.5) is 0 Å². The Morgan fingerprint density at radius 2 is 2.50 bits per heavy atom. The fraction of sp³-hybridized carbons (Fsp3) is 0.250. The molecule has 0 amide bonds. The van der Waals surface area contributed by atoms with Crippen molar-refractivity contribution in [3.05, 3.63) is 22.7 Å². The number of hydrogen-bond acceptors (Lipinski definition) is 6. The second kappa shape index (κ2) is 3.87. The summed E-state index contributed by atoms with van der Waals surface area (Å²) in [5, 5.41) is 16.9. The van der Waals surface area contributed by atoms with Gasteiger partial charge >= 0.3 is 0 Å². The van der Waals surface area contributed by atoms with Crippen LogP contribution in [0, 0.1) is 0 Å². The van der Waals surface area contributed by atoms with Gasteiger partial charge in [0.2, 0.25) is 5.82 Å². The smallest absolute Gasteiger partial charge is 0.257 e. The van der Waals surface area contributed by atoms with Crippen molar-refractivity contribution in [2.45, 2.75) is 6.10 Å². The minimum Gasteiger partial charge on any atom is -0.382 e. The van der Waals surface area contributed by atoms with Gasteiger partial charge in [0.15, 0.2) is 0 Å². The fourth-order valence-electron chi connectivity index (χ4n) is 0.980. The number of thiophene rings is 1.